The molecule has 0 unspecified atom stereocenters. The lowest BCUT2D eigenvalue weighted by Crippen LogP contribution is -2.37. The highest BCUT2D eigenvalue weighted by molar-refractivity contribution is 5.93. The number of carbonyl (C=O) groups is 2. The minimum Gasteiger partial charge on any atom is -0.326 e. The van der Waals surface area contributed by atoms with Gasteiger partial charge in [-0.25, -0.2) is 0 Å². The maximum Gasteiger partial charge on any atom is 0.238 e. The average Bonchev–Trinajstić information content (AvgIpc) is 2.78. The highest BCUT2D eigenvalue weighted by Gasteiger charge is 2.18. The summed E-state index contributed by atoms with van der Waals surface area (Å²) in [5.41, 5.74) is 1.48. The molecule has 2 N–H and O–H groups in total. The summed E-state index contributed by atoms with van der Waals surface area (Å²) in [6.07, 6.45) is 7.54. The molecule has 2 amide bonds. The first-order chi connectivity index (χ1) is 11.0. The van der Waals surface area contributed by atoms with E-state index in [-0.39, 0.29) is 11.8 Å². The molecule has 0 radical (unpaired) electrons. The third-order valence-corrected chi connectivity index (χ3v) is 4.33. The van der Waals surface area contributed by atoms with Crippen molar-refractivity contribution in [2.45, 2.75) is 51.5 Å². The first-order valence-electron chi connectivity index (χ1n) is 8.42. The Bertz CT molecular complexity index is 520. The normalized spacial score (nSPS) is 16.0. The van der Waals surface area contributed by atoms with Crippen LogP contribution in [-0.2, 0) is 9.59 Å². The van der Waals surface area contributed by atoms with Crippen molar-refractivity contribution in [3.63, 3.8) is 0 Å². The summed E-state index contributed by atoms with van der Waals surface area (Å²) in [5.74, 6) is -0.101. The van der Waals surface area contributed by atoms with E-state index in [1.807, 2.05) is 7.05 Å². The highest BCUT2D eigenvalue weighted by atomic mass is 16.2. The quantitative estimate of drug-likeness (QED) is 0.820. The van der Waals surface area contributed by atoms with Crippen LogP contribution in [0, 0.1) is 0 Å². The summed E-state index contributed by atoms with van der Waals surface area (Å²) in [6, 6.07) is 7.69. The van der Waals surface area contributed by atoms with E-state index >= 15 is 0 Å². The van der Waals surface area contributed by atoms with Crippen molar-refractivity contribution in [3.8, 4) is 0 Å². The summed E-state index contributed by atoms with van der Waals surface area (Å²) in [7, 11) is 2.04. The summed E-state index contributed by atoms with van der Waals surface area (Å²) in [5, 5.41) is 5.62. The molecule has 1 aromatic rings. The number of benzene rings is 1. The Morgan fingerprint density at radius 3 is 2.04 bits per heavy atom. The molecule has 0 saturated heterocycles. The topological polar surface area (TPSA) is 61.4 Å². The molecule has 1 aliphatic carbocycles. The lowest BCUT2D eigenvalue weighted by atomic mass is 10.1. The zero-order valence-corrected chi connectivity index (χ0v) is 14.1. The molecule has 0 bridgehead atoms. The maximum absolute atomic E-state index is 12.2. The molecule has 0 heterocycles. The number of nitrogens with one attached hydrogen (secondary N) is 2. The van der Waals surface area contributed by atoms with E-state index in [2.05, 4.69) is 15.5 Å². The number of hydrogen-bond donors (Lipinski definition) is 2. The molecule has 0 aliphatic heterocycles. The van der Waals surface area contributed by atoms with Gasteiger partial charge in [0.05, 0.1) is 6.54 Å². The second-order valence-corrected chi connectivity index (χ2v) is 6.37. The molecule has 5 nitrogen and oxygen atoms in total. The van der Waals surface area contributed by atoms with Crippen LogP contribution in [0.3, 0.4) is 0 Å². The molecule has 0 atom stereocenters. The molecule has 0 spiro atoms. The van der Waals surface area contributed by atoms with Gasteiger partial charge in [-0.2, -0.15) is 0 Å². The Morgan fingerprint density at radius 2 is 1.52 bits per heavy atom. The van der Waals surface area contributed by atoms with Gasteiger partial charge in [0, 0.05) is 24.3 Å². The van der Waals surface area contributed by atoms with Gasteiger partial charge in [0.25, 0.3) is 0 Å². The summed E-state index contributed by atoms with van der Waals surface area (Å²) in [6.45, 7) is 1.89. The second-order valence-electron chi connectivity index (χ2n) is 6.37. The van der Waals surface area contributed by atoms with E-state index < -0.39 is 0 Å². The number of anilines is 2. The third kappa shape index (κ3) is 6.02. The molecule has 2 rings (SSSR count). The van der Waals surface area contributed by atoms with Gasteiger partial charge in [0.2, 0.25) is 11.8 Å². The van der Waals surface area contributed by atoms with Gasteiger partial charge < -0.3 is 10.6 Å². The predicted octanol–water partition coefficient (Wildman–Crippen LogP) is 3.24. The fourth-order valence-electron chi connectivity index (χ4n) is 3.09. The number of likely N-dealkylation sites (N-methyl/N-ethyl adjacent to an activating group) is 1. The number of rotatable bonds is 5. The maximum atomic E-state index is 12.2. The average molecular weight is 317 g/mol. The van der Waals surface area contributed by atoms with Gasteiger partial charge >= 0.3 is 0 Å². The van der Waals surface area contributed by atoms with Gasteiger partial charge in [-0.3, -0.25) is 14.5 Å². The van der Waals surface area contributed by atoms with Crippen molar-refractivity contribution >= 4 is 23.2 Å². The monoisotopic (exact) mass is 317 g/mol. The van der Waals surface area contributed by atoms with Gasteiger partial charge in [-0.15, -0.1) is 0 Å². The summed E-state index contributed by atoms with van der Waals surface area (Å²) < 4.78 is 0. The lowest BCUT2D eigenvalue weighted by molar-refractivity contribution is -0.117. The van der Waals surface area contributed by atoms with Crippen molar-refractivity contribution in [2.75, 3.05) is 24.2 Å². The van der Waals surface area contributed by atoms with E-state index in [0.29, 0.717) is 12.6 Å². The Kier molecular flexibility index (Phi) is 6.59. The van der Waals surface area contributed by atoms with Crippen molar-refractivity contribution in [1.82, 2.24) is 4.90 Å². The van der Waals surface area contributed by atoms with E-state index in [4.69, 9.17) is 0 Å². The van der Waals surface area contributed by atoms with Crippen LogP contribution < -0.4 is 10.6 Å². The molecule has 1 aromatic carbocycles. The predicted molar refractivity (Wildman–Crippen MR) is 93.5 cm³/mol. The molecule has 1 aliphatic rings. The Morgan fingerprint density at radius 1 is 1.00 bits per heavy atom. The van der Waals surface area contributed by atoms with Crippen LogP contribution in [0.5, 0.6) is 0 Å². The fraction of sp³-hybridized carbons (Fsp3) is 0.556. The van der Waals surface area contributed by atoms with Gasteiger partial charge in [-0.05, 0) is 44.2 Å². The standard InChI is InChI=1S/C18H27N3O2/c1-14(22)19-15-9-11-16(12-10-15)20-18(23)13-21(2)17-7-5-3-4-6-8-17/h9-12,17H,3-8,13H2,1-2H3,(H,19,22)(H,20,23). The van der Waals surface area contributed by atoms with Crippen molar-refractivity contribution in [1.29, 1.82) is 0 Å². The molecule has 5 heteroatoms. The molecular weight excluding hydrogens is 290 g/mol. The molecule has 1 saturated carbocycles. The zero-order chi connectivity index (χ0) is 16.7. The van der Waals surface area contributed by atoms with E-state index in [9.17, 15) is 9.59 Å². The number of carbonyl (C=O) groups excluding carboxylic acids is 2. The van der Waals surface area contributed by atoms with E-state index in [1.54, 1.807) is 24.3 Å². The van der Waals surface area contributed by atoms with Crippen molar-refractivity contribution in [3.05, 3.63) is 24.3 Å². The van der Waals surface area contributed by atoms with E-state index in [1.165, 1.54) is 45.4 Å². The van der Waals surface area contributed by atoms with Crippen LogP contribution >= 0.6 is 0 Å². The van der Waals surface area contributed by atoms with Crippen LogP contribution in [0.25, 0.3) is 0 Å². The lowest BCUT2D eigenvalue weighted by Gasteiger charge is -2.26. The van der Waals surface area contributed by atoms with Crippen molar-refractivity contribution in [2.24, 2.45) is 0 Å². The minimum absolute atomic E-state index is 0.00373. The fourth-order valence-corrected chi connectivity index (χ4v) is 3.09. The molecule has 23 heavy (non-hydrogen) atoms. The van der Waals surface area contributed by atoms with Crippen LogP contribution in [0.2, 0.25) is 0 Å². The van der Waals surface area contributed by atoms with Crippen LogP contribution in [0.4, 0.5) is 11.4 Å². The third-order valence-electron chi connectivity index (χ3n) is 4.33. The minimum atomic E-state index is -0.105. The largest absolute Gasteiger partial charge is 0.326 e. The van der Waals surface area contributed by atoms with Crippen LogP contribution in [0.1, 0.15) is 45.4 Å². The van der Waals surface area contributed by atoms with Crippen LogP contribution in [0.15, 0.2) is 24.3 Å². The van der Waals surface area contributed by atoms with E-state index in [0.717, 1.165) is 11.4 Å². The van der Waals surface area contributed by atoms with Crippen LogP contribution in [-0.4, -0.2) is 36.3 Å². The molecular formula is C18H27N3O2. The number of amides is 2. The molecule has 126 valence electrons. The van der Waals surface area contributed by atoms with Gasteiger partial charge in [0.15, 0.2) is 0 Å². The number of nitrogens with zero attached hydrogens (tertiary/aromatic N) is 1. The summed E-state index contributed by atoms with van der Waals surface area (Å²) in [4.78, 5) is 25.4. The highest BCUT2D eigenvalue weighted by Crippen LogP contribution is 2.21. The molecule has 1 fully saturated rings. The summed E-state index contributed by atoms with van der Waals surface area (Å²) >= 11 is 0. The zero-order valence-electron chi connectivity index (χ0n) is 14.1. The van der Waals surface area contributed by atoms with Gasteiger partial charge in [-0.1, -0.05) is 25.7 Å². The second kappa shape index (κ2) is 8.67. The first-order valence-corrected chi connectivity index (χ1v) is 8.42. The Labute approximate surface area is 138 Å². The number of hydrogen-bond acceptors (Lipinski definition) is 3. The van der Waals surface area contributed by atoms with Crippen molar-refractivity contribution < 1.29 is 9.59 Å². The smallest absolute Gasteiger partial charge is 0.238 e. The Balaban J connectivity index is 1.82. The first kappa shape index (κ1) is 17.5. The van der Waals surface area contributed by atoms with Gasteiger partial charge in [0.1, 0.15) is 0 Å². The molecule has 0 aromatic heterocycles. The SMILES string of the molecule is CC(=O)Nc1ccc(NC(=O)CN(C)C2CCCCCC2)cc1. The Hall–Kier alpha value is -1.88.